The van der Waals surface area contributed by atoms with Gasteiger partial charge in [0.15, 0.2) is 5.82 Å². The van der Waals surface area contributed by atoms with E-state index in [1.54, 1.807) is 0 Å². The lowest BCUT2D eigenvalue weighted by Gasteiger charge is -2.12. The molecule has 0 atom stereocenters. The second kappa shape index (κ2) is 8.57. The van der Waals surface area contributed by atoms with Gasteiger partial charge in [0, 0.05) is 33.7 Å². The molecule has 0 bridgehead atoms. The fourth-order valence-electron chi connectivity index (χ4n) is 5.38. The monoisotopic (exact) mass is 499 g/mol. The summed E-state index contributed by atoms with van der Waals surface area (Å²) in [6.07, 6.45) is 2.05. The van der Waals surface area contributed by atoms with Crippen LogP contribution in [0.5, 0.6) is 0 Å². The van der Waals surface area contributed by atoms with E-state index >= 15 is 0 Å². The molecule has 8 rings (SSSR count). The number of fused-ring (bicyclic) bond motifs is 6. The zero-order valence-electron chi connectivity index (χ0n) is 20.9. The average Bonchev–Trinajstić information content (AvgIpc) is 3.41. The number of hydrogen-bond donors (Lipinski definition) is 0. The van der Waals surface area contributed by atoms with Crippen molar-refractivity contribution in [3.63, 3.8) is 0 Å². The van der Waals surface area contributed by atoms with Gasteiger partial charge in [0.1, 0.15) is 11.2 Å². The molecular weight excluding hydrogens is 478 g/mol. The van der Waals surface area contributed by atoms with Crippen molar-refractivity contribution in [1.82, 2.24) is 24.3 Å². The van der Waals surface area contributed by atoms with E-state index in [4.69, 9.17) is 19.9 Å². The Balaban J connectivity index is 1.40. The van der Waals surface area contributed by atoms with Gasteiger partial charge < -0.3 is 0 Å². The summed E-state index contributed by atoms with van der Waals surface area (Å²) in [7, 11) is 0. The molecule has 0 saturated heterocycles. The van der Waals surface area contributed by atoms with Crippen LogP contribution < -0.4 is 0 Å². The van der Waals surface area contributed by atoms with Crippen LogP contribution >= 0.6 is 0 Å². The molecule has 0 aliphatic carbocycles. The highest BCUT2D eigenvalue weighted by molar-refractivity contribution is 6.09. The van der Waals surface area contributed by atoms with Crippen LogP contribution in [0.2, 0.25) is 0 Å². The molecule has 5 nitrogen and oxygen atoms in total. The maximum Gasteiger partial charge on any atom is 0.160 e. The van der Waals surface area contributed by atoms with E-state index in [-0.39, 0.29) is 0 Å². The fourth-order valence-corrected chi connectivity index (χ4v) is 5.38. The Hall–Kier alpha value is -5.42. The number of benzene rings is 4. The van der Waals surface area contributed by atoms with E-state index < -0.39 is 0 Å². The van der Waals surface area contributed by atoms with Gasteiger partial charge in [0.2, 0.25) is 0 Å². The van der Waals surface area contributed by atoms with Crippen molar-refractivity contribution in [3.05, 3.63) is 128 Å². The van der Waals surface area contributed by atoms with E-state index in [0.29, 0.717) is 5.82 Å². The molecule has 0 unspecified atom stereocenters. The first kappa shape index (κ1) is 21.6. The molecule has 0 saturated carbocycles. The lowest BCUT2D eigenvalue weighted by atomic mass is 10.0. The summed E-state index contributed by atoms with van der Waals surface area (Å²) in [4.78, 5) is 20.1. The molecule has 5 heteroatoms. The molecule has 0 aliphatic heterocycles. The number of rotatable bonds is 3. The Kier molecular flexibility index (Phi) is 4.76. The Morgan fingerprint density at radius 3 is 1.97 bits per heavy atom. The maximum atomic E-state index is 5.16. The molecule has 182 valence electrons. The Labute approximate surface area is 224 Å². The molecule has 4 aromatic heterocycles. The van der Waals surface area contributed by atoms with E-state index in [2.05, 4.69) is 53.1 Å². The normalized spacial score (nSPS) is 11.6. The highest BCUT2D eigenvalue weighted by atomic mass is 15.0. The maximum absolute atomic E-state index is 5.16. The third kappa shape index (κ3) is 3.48. The summed E-state index contributed by atoms with van der Waals surface area (Å²) in [5.41, 5.74) is 9.50. The van der Waals surface area contributed by atoms with Gasteiger partial charge in [0.25, 0.3) is 0 Å². The van der Waals surface area contributed by atoms with E-state index in [9.17, 15) is 0 Å². The minimum atomic E-state index is 0.711. The van der Waals surface area contributed by atoms with Gasteiger partial charge in [0.05, 0.1) is 27.9 Å². The lowest BCUT2D eigenvalue weighted by molar-refractivity contribution is 1.22. The van der Waals surface area contributed by atoms with Crippen molar-refractivity contribution in [2.45, 2.75) is 0 Å². The molecule has 0 amide bonds. The van der Waals surface area contributed by atoms with Crippen LogP contribution in [-0.2, 0) is 0 Å². The van der Waals surface area contributed by atoms with Crippen molar-refractivity contribution in [2.24, 2.45) is 0 Å². The van der Waals surface area contributed by atoms with Gasteiger partial charge in [-0.25, -0.2) is 19.9 Å². The summed E-state index contributed by atoms with van der Waals surface area (Å²) in [5.74, 6) is 0.711. The number of pyridine rings is 2. The molecular formula is C34H21N5. The topological polar surface area (TPSA) is 56.0 Å². The second-order valence-corrected chi connectivity index (χ2v) is 9.58. The summed E-state index contributed by atoms with van der Waals surface area (Å²) < 4.78 is 2.13. The molecule has 0 aliphatic rings. The number of imidazole rings is 1. The third-order valence-electron chi connectivity index (χ3n) is 7.19. The Bertz CT molecular complexity index is 2180. The molecule has 0 radical (unpaired) electrons. The second-order valence-electron chi connectivity index (χ2n) is 9.58. The standard InChI is InChI=1S/C34H21N5/c1-2-11-22(12-3-1)34-36-28-18-7-4-15-25(28)30(38-34)23-13-10-14-24(21-23)31-33-32(26-16-5-6-17-27(26)35-31)37-29-19-8-9-20-39(29)33/h1-21H. The average molecular weight is 500 g/mol. The first-order chi connectivity index (χ1) is 19.3. The van der Waals surface area contributed by atoms with Crippen LogP contribution in [0.15, 0.2) is 128 Å². The highest BCUT2D eigenvalue weighted by Crippen LogP contribution is 2.36. The SMILES string of the molecule is c1ccc(-c2nc(-c3cccc(-c4nc5ccccc5c5nc6ccccn6c45)c3)c3ccccc3n2)cc1. The number of para-hydroxylation sites is 2. The fraction of sp³-hybridized carbons (Fsp3) is 0. The van der Waals surface area contributed by atoms with Gasteiger partial charge in [-0.05, 0) is 30.3 Å². The van der Waals surface area contributed by atoms with Crippen LogP contribution in [0.3, 0.4) is 0 Å². The van der Waals surface area contributed by atoms with Crippen LogP contribution in [-0.4, -0.2) is 24.3 Å². The molecule has 4 heterocycles. The van der Waals surface area contributed by atoms with Gasteiger partial charge in [-0.15, -0.1) is 0 Å². The largest absolute Gasteiger partial charge is 0.298 e. The Morgan fingerprint density at radius 2 is 1.13 bits per heavy atom. The highest BCUT2D eigenvalue weighted by Gasteiger charge is 2.18. The molecule has 0 spiro atoms. The number of aromatic nitrogens is 5. The molecule has 8 aromatic rings. The van der Waals surface area contributed by atoms with Gasteiger partial charge in [-0.1, -0.05) is 91.0 Å². The van der Waals surface area contributed by atoms with Crippen molar-refractivity contribution in [1.29, 1.82) is 0 Å². The summed E-state index contributed by atoms with van der Waals surface area (Å²) in [6.45, 7) is 0. The third-order valence-corrected chi connectivity index (χ3v) is 7.19. The van der Waals surface area contributed by atoms with Crippen LogP contribution in [0, 0.1) is 0 Å². The first-order valence-electron chi connectivity index (χ1n) is 12.9. The number of nitrogens with zero attached hydrogens (tertiary/aromatic N) is 5. The smallest absolute Gasteiger partial charge is 0.160 e. The van der Waals surface area contributed by atoms with Crippen LogP contribution in [0.1, 0.15) is 0 Å². The van der Waals surface area contributed by atoms with Gasteiger partial charge >= 0.3 is 0 Å². The minimum absolute atomic E-state index is 0.711. The van der Waals surface area contributed by atoms with Crippen LogP contribution in [0.4, 0.5) is 0 Å². The minimum Gasteiger partial charge on any atom is -0.298 e. The predicted molar refractivity (Wildman–Crippen MR) is 157 cm³/mol. The van der Waals surface area contributed by atoms with Crippen molar-refractivity contribution >= 4 is 38.5 Å². The van der Waals surface area contributed by atoms with E-state index in [1.807, 2.05) is 78.9 Å². The zero-order chi connectivity index (χ0) is 25.8. The van der Waals surface area contributed by atoms with Gasteiger partial charge in [-0.3, -0.25) is 4.40 Å². The lowest BCUT2D eigenvalue weighted by Crippen LogP contribution is -1.96. The van der Waals surface area contributed by atoms with E-state index in [1.165, 1.54) is 0 Å². The zero-order valence-corrected chi connectivity index (χ0v) is 20.9. The predicted octanol–water partition coefficient (Wildman–Crippen LogP) is 7.98. The number of hydrogen-bond acceptors (Lipinski definition) is 4. The van der Waals surface area contributed by atoms with Crippen molar-refractivity contribution in [3.8, 4) is 33.9 Å². The van der Waals surface area contributed by atoms with Gasteiger partial charge in [-0.2, -0.15) is 0 Å². The van der Waals surface area contributed by atoms with Crippen molar-refractivity contribution in [2.75, 3.05) is 0 Å². The Morgan fingerprint density at radius 1 is 0.462 bits per heavy atom. The van der Waals surface area contributed by atoms with Crippen LogP contribution in [0.25, 0.3) is 72.4 Å². The quantitative estimate of drug-likeness (QED) is 0.247. The molecule has 4 aromatic carbocycles. The molecule has 0 N–H and O–H groups in total. The summed E-state index contributed by atoms with van der Waals surface area (Å²) >= 11 is 0. The summed E-state index contributed by atoms with van der Waals surface area (Å²) in [6, 6.07) is 41.1. The summed E-state index contributed by atoms with van der Waals surface area (Å²) in [5, 5.41) is 2.06. The van der Waals surface area contributed by atoms with Crippen molar-refractivity contribution < 1.29 is 0 Å². The molecule has 0 fully saturated rings. The first-order valence-corrected chi connectivity index (χ1v) is 12.9. The van der Waals surface area contributed by atoms with E-state index in [0.717, 1.165) is 66.6 Å². The molecule has 39 heavy (non-hydrogen) atoms.